The van der Waals surface area contributed by atoms with Crippen LogP contribution < -0.4 is 0 Å². The number of rotatable bonds is 5. The van der Waals surface area contributed by atoms with Crippen LogP contribution in [0.2, 0.25) is 0 Å². The molecule has 0 N–H and O–H groups in total. The molecule has 0 spiro atoms. The third kappa shape index (κ3) is 3.88. The van der Waals surface area contributed by atoms with Gasteiger partial charge in [0.2, 0.25) is 0 Å². The third-order valence-electron chi connectivity index (χ3n) is 2.14. The zero-order valence-electron chi connectivity index (χ0n) is 9.69. The SMILES string of the molecule is CC#CC(CC(=O)c1ccccc1)OCC. The van der Waals surface area contributed by atoms with Crippen LogP contribution in [-0.4, -0.2) is 18.5 Å². The molecule has 0 aromatic heterocycles. The summed E-state index contributed by atoms with van der Waals surface area (Å²) in [5.74, 6) is 5.74. The summed E-state index contributed by atoms with van der Waals surface area (Å²) in [5.41, 5.74) is 0.713. The van der Waals surface area contributed by atoms with Gasteiger partial charge in [0, 0.05) is 18.6 Å². The molecule has 1 rings (SSSR count). The Balaban J connectivity index is 2.64. The second kappa shape index (κ2) is 6.81. The Kier molecular flexibility index (Phi) is 5.31. The average Bonchev–Trinajstić information content (AvgIpc) is 2.31. The van der Waals surface area contributed by atoms with Gasteiger partial charge in [-0.2, -0.15) is 0 Å². The molecule has 1 unspecified atom stereocenters. The molecule has 0 aliphatic heterocycles. The van der Waals surface area contributed by atoms with Crippen molar-refractivity contribution in [3.63, 3.8) is 0 Å². The molecule has 2 heteroatoms. The van der Waals surface area contributed by atoms with E-state index in [0.29, 0.717) is 18.6 Å². The molecule has 16 heavy (non-hydrogen) atoms. The molecule has 1 aromatic rings. The zero-order chi connectivity index (χ0) is 11.8. The molecule has 1 atom stereocenters. The van der Waals surface area contributed by atoms with Gasteiger partial charge in [0.05, 0.1) is 0 Å². The molecular weight excluding hydrogens is 200 g/mol. The first-order valence-electron chi connectivity index (χ1n) is 5.40. The van der Waals surface area contributed by atoms with E-state index in [1.165, 1.54) is 0 Å². The van der Waals surface area contributed by atoms with Crippen LogP contribution in [0.15, 0.2) is 30.3 Å². The molecular formula is C14H16O2. The standard InChI is InChI=1S/C14H16O2/c1-3-8-13(16-4-2)11-14(15)12-9-6-5-7-10-12/h5-7,9-10,13H,4,11H2,1-2H3. The van der Waals surface area contributed by atoms with Crippen LogP contribution in [0.4, 0.5) is 0 Å². The summed E-state index contributed by atoms with van der Waals surface area (Å²) in [5, 5.41) is 0. The average molecular weight is 216 g/mol. The molecule has 2 nitrogen and oxygen atoms in total. The molecule has 0 saturated carbocycles. The largest absolute Gasteiger partial charge is 0.365 e. The molecule has 0 saturated heterocycles. The second-order valence-electron chi connectivity index (χ2n) is 3.33. The van der Waals surface area contributed by atoms with Crippen molar-refractivity contribution in [2.75, 3.05) is 6.61 Å². The van der Waals surface area contributed by atoms with Gasteiger partial charge in [-0.25, -0.2) is 0 Å². The summed E-state index contributed by atoms with van der Waals surface area (Å²) in [6.45, 7) is 4.22. The lowest BCUT2D eigenvalue weighted by Gasteiger charge is -2.09. The maximum atomic E-state index is 11.9. The van der Waals surface area contributed by atoms with E-state index in [0.717, 1.165) is 0 Å². The Bertz CT molecular complexity index is 384. The predicted octanol–water partition coefficient (Wildman–Crippen LogP) is 2.69. The van der Waals surface area contributed by atoms with E-state index in [2.05, 4.69) is 11.8 Å². The van der Waals surface area contributed by atoms with E-state index in [1.807, 2.05) is 37.3 Å². The van der Waals surface area contributed by atoms with Crippen molar-refractivity contribution < 1.29 is 9.53 Å². The number of ether oxygens (including phenoxy) is 1. The van der Waals surface area contributed by atoms with Crippen molar-refractivity contribution in [2.24, 2.45) is 0 Å². The number of carbonyl (C=O) groups excluding carboxylic acids is 1. The van der Waals surface area contributed by atoms with Crippen molar-refractivity contribution in [2.45, 2.75) is 26.4 Å². The lowest BCUT2D eigenvalue weighted by atomic mass is 10.1. The van der Waals surface area contributed by atoms with Crippen LogP contribution in [0.3, 0.4) is 0 Å². The normalized spacial score (nSPS) is 11.4. The predicted molar refractivity (Wildman–Crippen MR) is 64.3 cm³/mol. The fourth-order valence-electron chi connectivity index (χ4n) is 1.42. The van der Waals surface area contributed by atoms with Gasteiger partial charge < -0.3 is 4.74 Å². The Morgan fingerprint density at radius 2 is 2.06 bits per heavy atom. The van der Waals surface area contributed by atoms with Crippen LogP contribution in [0.25, 0.3) is 0 Å². The van der Waals surface area contributed by atoms with Gasteiger partial charge in [-0.05, 0) is 13.8 Å². The third-order valence-corrected chi connectivity index (χ3v) is 2.14. The second-order valence-corrected chi connectivity index (χ2v) is 3.33. The Morgan fingerprint density at radius 1 is 1.38 bits per heavy atom. The van der Waals surface area contributed by atoms with Gasteiger partial charge in [-0.15, -0.1) is 5.92 Å². The minimum absolute atomic E-state index is 0.0711. The molecule has 0 aliphatic carbocycles. The van der Waals surface area contributed by atoms with Gasteiger partial charge >= 0.3 is 0 Å². The Hall–Kier alpha value is -1.59. The number of carbonyl (C=O) groups is 1. The van der Waals surface area contributed by atoms with E-state index >= 15 is 0 Å². The quantitative estimate of drug-likeness (QED) is 0.558. The fourth-order valence-corrected chi connectivity index (χ4v) is 1.42. The summed E-state index contributed by atoms with van der Waals surface area (Å²) in [6, 6.07) is 9.22. The lowest BCUT2D eigenvalue weighted by Crippen LogP contribution is -2.16. The topological polar surface area (TPSA) is 26.3 Å². The summed E-state index contributed by atoms with van der Waals surface area (Å²) >= 11 is 0. The van der Waals surface area contributed by atoms with Crippen LogP contribution in [-0.2, 0) is 4.74 Å². The van der Waals surface area contributed by atoms with Crippen molar-refractivity contribution in [1.82, 2.24) is 0 Å². The molecule has 0 aliphatic rings. The van der Waals surface area contributed by atoms with E-state index in [4.69, 9.17) is 4.74 Å². The van der Waals surface area contributed by atoms with Gasteiger partial charge in [-0.3, -0.25) is 4.79 Å². The van der Waals surface area contributed by atoms with E-state index < -0.39 is 0 Å². The highest BCUT2D eigenvalue weighted by atomic mass is 16.5. The summed E-state index contributed by atoms with van der Waals surface area (Å²) < 4.78 is 5.38. The molecule has 1 aromatic carbocycles. The number of ketones is 1. The molecule has 0 heterocycles. The molecule has 84 valence electrons. The van der Waals surface area contributed by atoms with Gasteiger partial charge in [0.25, 0.3) is 0 Å². The minimum atomic E-state index is -0.289. The molecule has 0 bridgehead atoms. The number of hydrogen-bond donors (Lipinski definition) is 0. The van der Waals surface area contributed by atoms with Crippen LogP contribution in [0.5, 0.6) is 0 Å². The highest BCUT2D eigenvalue weighted by Gasteiger charge is 2.12. The first-order valence-corrected chi connectivity index (χ1v) is 5.40. The highest BCUT2D eigenvalue weighted by molar-refractivity contribution is 5.96. The highest BCUT2D eigenvalue weighted by Crippen LogP contribution is 2.07. The molecule has 0 fully saturated rings. The van der Waals surface area contributed by atoms with E-state index in [1.54, 1.807) is 6.92 Å². The zero-order valence-corrected chi connectivity index (χ0v) is 9.69. The van der Waals surface area contributed by atoms with Crippen LogP contribution in [0.1, 0.15) is 30.6 Å². The van der Waals surface area contributed by atoms with E-state index in [9.17, 15) is 4.79 Å². The Labute approximate surface area is 96.6 Å². The first-order chi connectivity index (χ1) is 7.77. The van der Waals surface area contributed by atoms with Crippen LogP contribution in [0, 0.1) is 11.8 Å². The summed E-state index contributed by atoms with van der Waals surface area (Å²) in [7, 11) is 0. The van der Waals surface area contributed by atoms with Crippen molar-refractivity contribution in [3.8, 4) is 11.8 Å². The smallest absolute Gasteiger partial charge is 0.166 e. The maximum Gasteiger partial charge on any atom is 0.166 e. The van der Waals surface area contributed by atoms with Crippen molar-refractivity contribution in [1.29, 1.82) is 0 Å². The number of hydrogen-bond acceptors (Lipinski definition) is 2. The van der Waals surface area contributed by atoms with Gasteiger partial charge in [0.15, 0.2) is 5.78 Å². The summed E-state index contributed by atoms with van der Waals surface area (Å²) in [6.07, 6.45) is 0.0290. The molecule has 0 radical (unpaired) electrons. The van der Waals surface area contributed by atoms with E-state index in [-0.39, 0.29) is 11.9 Å². The van der Waals surface area contributed by atoms with Crippen molar-refractivity contribution in [3.05, 3.63) is 35.9 Å². The lowest BCUT2D eigenvalue weighted by molar-refractivity contribution is 0.0757. The molecule has 0 amide bonds. The summed E-state index contributed by atoms with van der Waals surface area (Å²) in [4.78, 5) is 11.9. The van der Waals surface area contributed by atoms with Crippen LogP contribution >= 0.6 is 0 Å². The van der Waals surface area contributed by atoms with Gasteiger partial charge in [-0.1, -0.05) is 36.3 Å². The Morgan fingerprint density at radius 3 is 2.62 bits per heavy atom. The first kappa shape index (κ1) is 12.5. The minimum Gasteiger partial charge on any atom is -0.365 e. The fraction of sp³-hybridized carbons (Fsp3) is 0.357. The van der Waals surface area contributed by atoms with Crippen molar-refractivity contribution >= 4 is 5.78 Å². The number of benzene rings is 1. The number of Topliss-reactive ketones (excluding diaryl/α,β-unsaturated/α-hetero) is 1. The monoisotopic (exact) mass is 216 g/mol. The van der Waals surface area contributed by atoms with Gasteiger partial charge in [0.1, 0.15) is 6.10 Å². The maximum absolute atomic E-state index is 11.9.